The van der Waals surface area contributed by atoms with Gasteiger partial charge < -0.3 is 15.0 Å². The molecule has 0 heterocycles. The Hall–Kier alpha value is -1.62. The first-order chi connectivity index (χ1) is 7.81. The molecule has 5 nitrogen and oxygen atoms in total. The third kappa shape index (κ3) is 17.0. The van der Waals surface area contributed by atoms with Crippen LogP contribution in [0, 0.1) is 0 Å². The molecule has 0 saturated heterocycles. The lowest BCUT2D eigenvalue weighted by atomic mass is 10.4. The van der Waals surface area contributed by atoms with Gasteiger partial charge in [0.05, 0.1) is 0 Å². The second kappa shape index (κ2) is 10.9. The largest absolute Gasteiger partial charge is 0.461 e. The summed E-state index contributed by atoms with van der Waals surface area (Å²) in [5.74, 6) is -0.392. The molecule has 0 aliphatic heterocycles. The maximum Gasteiger partial charge on any atom is 0.333 e. The highest BCUT2D eigenvalue weighted by Gasteiger charge is 2.01. The van der Waals surface area contributed by atoms with E-state index in [4.69, 9.17) is 4.74 Å². The Kier molecular flexibility index (Phi) is 11.4. The summed E-state index contributed by atoms with van der Waals surface area (Å²) in [6, 6.07) is 0. The molecule has 1 N–H and O–H groups in total. The summed E-state index contributed by atoms with van der Waals surface area (Å²) in [5, 5.41) is 2.33. The van der Waals surface area contributed by atoms with E-state index in [0.29, 0.717) is 12.2 Å². The van der Waals surface area contributed by atoms with Crippen molar-refractivity contribution >= 4 is 11.9 Å². The van der Waals surface area contributed by atoms with Gasteiger partial charge >= 0.3 is 5.97 Å². The highest BCUT2D eigenvalue weighted by molar-refractivity contribution is 5.86. The van der Waals surface area contributed by atoms with Crippen molar-refractivity contribution in [1.82, 2.24) is 10.2 Å². The number of carbonyl (C=O) groups is 2. The van der Waals surface area contributed by atoms with Crippen LogP contribution in [0.3, 0.4) is 0 Å². The van der Waals surface area contributed by atoms with E-state index in [1.807, 2.05) is 19.0 Å². The molecule has 1 amide bonds. The fraction of sp³-hybridized carbons (Fsp3) is 0.500. The molecule has 0 unspecified atom stereocenters. The van der Waals surface area contributed by atoms with Crippen molar-refractivity contribution in [3.63, 3.8) is 0 Å². The van der Waals surface area contributed by atoms with Gasteiger partial charge in [0.15, 0.2) is 0 Å². The van der Waals surface area contributed by atoms with Crippen LogP contribution in [0.4, 0.5) is 0 Å². The van der Waals surface area contributed by atoms with E-state index in [1.54, 1.807) is 6.92 Å². The Morgan fingerprint density at radius 3 is 2.12 bits per heavy atom. The van der Waals surface area contributed by atoms with Gasteiger partial charge in [0.2, 0.25) is 5.91 Å². The van der Waals surface area contributed by atoms with Crippen LogP contribution < -0.4 is 5.32 Å². The number of nitrogens with one attached hydrogen (secondary N) is 1. The summed E-state index contributed by atoms with van der Waals surface area (Å²) in [6.07, 6.45) is 1.35. The number of rotatable bonds is 5. The lowest BCUT2D eigenvalue weighted by Crippen LogP contribution is -2.20. The van der Waals surface area contributed by atoms with E-state index < -0.39 is 0 Å². The molecule has 0 aliphatic carbocycles. The van der Waals surface area contributed by atoms with E-state index >= 15 is 0 Å². The van der Waals surface area contributed by atoms with Crippen molar-refractivity contribution < 1.29 is 14.3 Å². The number of amides is 1. The molecule has 0 aliphatic rings. The van der Waals surface area contributed by atoms with Gasteiger partial charge in [0.1, 0.15) is 6.61 Å². The van der Waals surface area contributed by atoms with E-state index in [9.17, 15) is 9.59 Å². The third-order valence-corrected chi connectivity index (χ3v) is 1.43. The molecular formula is C12H22N2O3. The van der Waals surface area contributed by atoms with Crippen molar-refractivity contribution in [1.29, 1.82) is 0 Å². The fourth-order valence-corrected chi connectivity index (χ4v) is 0.588. The van der Waals surface area contributed by atoms with Crippen LogP contribution >= 0.6 is 0 Å². The van der Waals surface area contributed by atoms with Gasteiger partial charge in [-0.25, -0.2) is 4.79 Å². The molecule has 0 atom stereocenters. The number of ether oxygens (including phenoxy) is 1. The Balaban J connectivity index is 0. The van der Waals surface area contributed by atoms with Crippen LogP contribution in [0.5, 0.6) is 0 Å². The molecule has 0 saturated carbocycles. The first kappa shape index (κ1) is 17.8. The predicted octanol–water partition coefficient (Wildman–Crippen LogP) is 0.933. The van der Waals surface area contributed by atoms with Crippen molar-refractivity contribution in [3.8, 4) is 0 Å². The lowest BCUT2D eigenvalue weighted by molar-refractivity contribution is -0.139. The van der Waals surface area contributed by atoms with Crippen molar-refractivity contribution in [2.45, 2.75) is 13.8 Å². The smallest absolute Gasteiger partial charge is 0.333 e. The van der Waals surface area contributed by atoms with Gasteiger partial charge in [-0.1, -0.05) is 13.2 Å². The first-order valence-corrected chi connectivity index (χ1v) is 5.16. The molecule has 0 rings (SSSR count). The second-order valence-corrected chi connectivity index (χ2v) is 3.62. The number of likely N-dealkylation sites (N-methyl/N-ethyl adjacent to an activating group) is 1. The Morgan fingerprint density at radius 2 is 1.88 bits per heavy atom. The molecule has 17 heavy (non-hydrogen) atoms. The molecule has 98 valence electrons. The minimum absolute atomic E-state index is 0.0787. The van der Waals surface area contributed by atoms with Crippen molar-refractivity contribution in [3.05, 3.63) is 24.9 Å². The van der Waals surface area contributed by atoms with E-state index in [0.717, 1.165) is 6.54 Å². The molecule has 0 aromatic heterocycles. The Morgan fingerprint density at radius 1 is 1.35 bits per heavy atom. The monoisotopic (exact) mass is 242 g/mol. The fourth-order valence-electron chi connectivity index (χ4n) is 0.588. The van der Waals surface area contributed by atoms with Gasteiger partial charge in [-0.3, -0.25) is 4.79 Å². The van der Waals surface area contributed by atoms with Crippen LogP contribution in [-0.2, 0) is 14.3 Å². The Labute approximate surface area is 103 Å². The molecular weight excluding hydrogens is 220 g/mol. The van der Waals surface area contributed by atoms with E-state index in [2.05, 4.69) is 18.5 Å². The van der Waals surface area contributed by atoms with Crippen molar-refractivity contribution in [2.75, 3.05) is 27.2 Å². The van der Waals surface area contributed by atoms with Crippen LogP contribution in [0.25, 0.3) is 0 Å². The van der Waals surface area contributed by atoms with E-state index in [-0.39, 0.29) is 11.9 Å². The molecule has 5 heteroatoms. The number of carbonyl (C=O) groups excluding carboxylic acids is 2. The maximum absolute atomic E-state index is 10.8. The number of hydrogen-bond acceptors (Lipinski definition) is 4. The maximum atomic E-state index is 10.8. The lowest BCUT2D eigenvalue weighted by Gasteiger charge is -2.09. The second-order valence-electron chi connectivity index (χ2n) is 3.62. The van der Waals surface area contributed by atoms with Gasteiger partial charge in [0.25, 0.3) is 0 Å². The number of esters is 1. The minimum atomic E-state index is -0.313. The summed E-state index contributed by atoms with van der Waals surface area (Å²) in [4.78, 5) is 22.6. The summed E-state index contributed by atoms with van der Waals surface area (Å²) in [5.41, 5.74) is 0.448. The van der Waals surface area contributed by atoms with E-state index in [1.165, 1.54) is 13.1 Å². The van der Waals surface area contributed by atoms with Crippen LogP contribution in [-0.4, -0.2) is 44.0 Å². The molecule has 0 spiro atoms. The van der Waals surface area contributed by atoms with Crippen molar-refractivity contribution in [2.24, 2.45) is 0 Å². The standard InChI is InChI=1S/C8H15NO2.C4H7NO/c1-7(2)8(10)11-6-5-9(3)4;1-3-5-4(2)6/h1,5-6H2,2-4H3;3H,1H2,2H3,(H,5,6). The number of nitrogens with zero attached hydrogens (tertiary/aromatic N) is 1. The van der Waals surface area contributed by atoms with Gasteiger partial charge in [0, 0.05) is 19.0 Å². The highest BCUT2D eigenvalue weighted by atomic mass is 16.5. The minimum Gasteiger partial charge on any atom is -0.461 e. The third-order valence-electron chi connectivity index (χ3n) is 1.43. The summed E-state index contributed by atoms with van der Waals surface area (Å²) in [7, 11) is 3.85. The molecule has 0 bridgehead atoms. The van der Waals surface area contributed by atoms with Crippen LogP contribution in [0.15, 0.2) is 24.9 Å². The zero-order valence-corrected chi connectivity index (χ0v) is 11.1. The molecule has 0 fully saturated rings. The van der Waals surface area contributed by atoms with Gasteiger partial charge in [-0.15, -0.1) is 0 Å². The molecule has 0 radical (unpaired) electrons. The molecule has 0 aromatic rings. The summed E-state index contributed by atoms with van der Waals surface area (Å²) < 4.78 is 4.83. The Bertz CT molecular complexity index is 273. The topological polar surface area (TPSA) is 58.6 Å². The summed E-state index contributed by atoms with van der Waals surface area (Å²) >= 11 is 0. The van der Waals surface area contributed by atoms with Gasteiger partial charge in [-0.05, 0) is 27.2 Å². The zero-order valence-electron chi connectivity index (χ0n) is 11.1. The quantitative estimate of drug-likeness (QED) is 0.575. The average Bonchev–Trinajstić information content (AvgIpc) is 2.17. The first-order valence-electron chi connectivity index (χ1n) is 5.16. The zero-order chi connectivity index (χ0) is 13.8. The normalized spacial score (nSPS) is 8.76. The average molecular weight is 242 g/mol. The van der Waals surface area contributed by atoms with Gasteiger partial charge in [-0.2, -0.15) is 0 Å². The molecule has 0 aromatic carbocycles. The van der Waals surface area contributed by atoms with Crippen LogP contribution in [0.1, 0.15) is 13.8 Å². The van der Waals surface area contributed by atoms with Crippen LogP contribution in [0.2, 0.25) is 0 Å². The SMILES string of the molecule is C=C(C)C(=O)OCCN(C)C.C=CNC(C)=O. The number of hydrogen-bond donors (Lipinski definition) is 1. The highest BCUT2D eigenvalue weighted by Crippen LogP contribution is 1.91. The summed E-state index contributed by atoms with van der Waals surface area (Å²) in [6.45, 7) is 11.0. The predicted molar refractivity (Wildman–Crippen MR) is 68.3 cm³/mol.